The van der Waals surface area contributed by atoms with E-state index in [1.165, 1.54) is 37.4 Å². The molecule has 0 fully saturated rings. The van der Waals surface area contributed by atoms with Crippen molar-refractivity contribution in [3.8, 4) is 11.9 Å². The quantitative estimate of drug-likeness (QED) is 0.653. The first kappa shape index (κ1) is 22.6. The zero-order valence-corrected chi connectivity index (χ0v) is 18.8. The zero-order valence-electron chi connectivity index (χ0n) is 16.6. The maximum Gasteiger partial charge on any atom is 0.280 e. The standard InChI is InChI=1S/C21H15Cl3N4O3/c1-10-13(19(29)27(3)20(30)15(10)9-25)5-4-6-14-11(2)26-28(21(14)31)18-16(23)7-12(22)8-17(18)24/h4-8,29H,1-3H3. The molecule has 0 spiro atoms. The summed E-state index contributed by atoms with van der Waals surface area (Å²) in [5, 5.41) is 25.5. The summed E-state index contributed by atoms with van der Waals surface area (Å²) in [5.74, 6) is -0.743. The van der Waals surface area contributed by atoms with Crippen LogP contribution in [-0.4, -0.2) is 21.3 Å². The molecule has 0 bridgehead atoms. The summed E-state index contributed by atoms with van der Waals surface area (Å²) in [6, 6.07) is 4.77. The van der Waals surface area contributed by atoms with Crippen LogP contribution in [-0.2, 0) is 11.8 Å². The van der Waals surface area contributed by atoms with Gasteiger partial charge in [0.2, 0.25) is 5.88 Å². The Balaban J connectivity index is 1.99. The summed E-state index contributed by atoms with van der Waals surface area (Å²) in [4.78, 5) is 25.0. The number of nitriles is 1. The van der Waals surface area contributed by atoms with E-state index < -0.39 is 11.5 Å². The van der Waals surface area contributed by atoms with Crippen molar-refractivity contribution in [1.82, 2.24) is 4.57 Å². The Morgan fingerprint density at radius 3 is 2.35 bits per heavy atom. The third-order valence-corrected chi connectivity index (χ3v) is 5.54. The molecule has 2 heterocycles. The second-order valence-electron chi connectivity index (χ2n) is 6.67. The molecule has 3 rings (SSSR count). The van der Waals surface area contributed by atoms with E-state index in [9.17, 15) is 20.0 Å². The highest BCUT2D eigenvalue weighted by molar-refractivity contribution is 6.43. The molecule has 1 aromatic carbocycles. The average molecular weight is 478 g/mol. The maximum absolute atomic E-state index is 12.9. The molecule has 0 unspecified atom stereocenters. The predicted molar refractivity (Wildman–Crippen MR) is 122 cm³/mol. The second-order valence-corrected chi connectivity index (χ2v) is 7.92. The number of nitrogens with zero attached hydrogens (tertiary/aromatic N) is 4. The Morgan fingerprint density at radius 2 is 1.77 bits per heavy atom. The van der Waals surface area contributed by atoms with Gasteiger partial charge in [-0.3, -0.25) is 14.2 Å². The Hall–Kier alpha value is -3.05. The monoisotopic (exact) mass is 476 g/mol. The molecule has 0 saturated heterocycles. The fraction of sp³-hybridized carbons (Fsp3) is 0.143. The number of benzene rings is 1. The van der Waals surface area contributed by atoms with Crippen molar-refractivity contribution in [2.75, 3.05) is 5.01 Å². The number of hydrogen-bond acceptors (Lipinski definition) is 5. The van der Waals surface area contributed by atoms with Crippen molar-refractivity contribution in [2.24, 2.45) is 12.1 Å². The molecule has 1 amide bonds. The van der Waals surface area contributed by atoms with Gasteiger partial charge in [0.25, 0.3) is 11.5 Å². The fourth-order valence-electron chi connectivity index (χ4n) is 3.08. The molecule has 7 nitrogen and oxygen atoms in total. The third-order valence-electron chi connectivity index (χ3n) is 4.75. The van der Waals surface area contributed by atoms with Crippen LogP contribution in [0.4, 0.5) is 5.69 Å². The first-order chi connectivity index (χ1) is 14.6. The van der Waals surface area contributed by atoms with Gasteiger partial charge in [-0.1, -0.05) is 40.9 Å². The van der Waals surface area contributed by atoms with Crippen molar-refractivity contribution >= 4 is 58.2 Å². The van der Waals surface area contributed by atoms with E-state index in [0.29, 0.717) is 16.3 Å². The first-order valence-corrected chi connectivity index (χ1v) is 9.97. The van der Waals surface area contributed by atoms with Crippen molar-refractivity contribution in [2.45, 2.75) is 13.8 Å². The molecular formula is C21H15Cl3N4O3. The molecule has 1 aliphatic rings. The van der Waals surface area contributed by atoms with E-state index in [4.69, 9.17) is 34.8 Å². The fourth-order valence-corrected chi connectivity index (χ4v) is 4.05. The van der Waals surface area contributed by atoms with Crippen LogP contribution < -0.4 is 10.6 Å². The minimum absolute atomic E-state index is 0.0690. The maximum atomic E-state index is 12.9. The molecule has 0 atom stereocenters. The van der Waals surface area contributed by atoms with Crippen molar-refractivity contribution in [3.63, 3.8) is 0 Å². The first-order valence-electron chi connectivity index (χ1n) is 8.84. The summed E-state index contributed by atoms with van der Waals surface area (Å²) in [5.41, 5.74) is 0.888. The highest BCUT2D eigenvalue weighted by Gasteiger charge is 2.31. The minimum Gasteiger partial charge on any atom is -0.494 e. The van der Waals surface area contributed by atoms with Gasteiger partial charge in [-0.15, -0.1) is 0 Å². The average Bonchev–Trinajstić information content (AvgIpc) is 2.96. The van der Waals surface area contributed by atoms with Crippen molar-refractivity contribution < 1.29 is 9.90 Å². The molecule has 0 saturated carbocycles. The Labute approximate surface area is 192 Å². The molecule has 1 N–H and O–H groups in total. The second kappa shape index (κ2) is 8.60. The van der Waals surface area contributed by atoms with Gasteiger partial charge in [-0.05, 0) is 43.7 Å². The number of aromatic nitrogens is 1. The molecule has 158 valence electrons. The Morgan fingerprint density at radius 1 is 1.16 bits per heavy atom. The third kappa shape index (κ3) is 3.98. The number of carbonyl (C=O) groups is 1. The number of hydrazone groups is 1. The molecule has 1 aromatic heterocycles. The van der Waals surface area contributed by atoms with Gasteiger partial charge < -0.3 is 5.11 Å². The van der Waals surface area contributed by atoms with E-state index in [1.54, 1.807) is 13.8 Å². The number of aromatic hydroxyl groups is 1. The minimum atomic E-state index is -0.589. The molecule has 10 heteroatoms. The molecule has 2 aromatic rings. The molecule has 31 heavy (non-hydrogen) atoms. The number of amides is 1. The lowest BCUT2D eigenvalue weighted by Gasteiger charge is -2.15. The topological polar surface area (TPSA) is 98.7 Å². The van der Waals surface area contributed by atoms with Crippen LogP contribution in [0.3, 0.4) is 0 Å². The molecule has 0 radical (unpaired) electrons. The Bertz CT molecular complexity index is 1290. The van der Waals surface area contributed by atoms with E-state index in [-0.39, 0.29) is 38.3 Å². The van der Waals surface area contributed by atoms with Crippen LogP contribution in [0.25, 0.3) is 6.08 Å². The number of hydrogen-bond donors (Lipinski definition) is 1. The number of rotatable bonds is 3. The summed E-state index contributed by atoms with van der Waals surface area (Å²) >= 11 is 18.3. The van der Waals surface area contributed by atoms with Crippen molar-refractivity contribution in [3.05, 3.63) is 72.0 Å². The van der Waals surface area contributed by atoms with Crippen molar-refractivity contribution in [1.29, 1.82) is 5.26 Å². The predicted octanol–water partition coefficient (Wildman–Crippen LogP) is 4.59. The highest BCUT2D eigenvalue weighted by atomic mass is 35.5. The lowest BCUT2D eigenvalue weighted by molar-refractivity contribution is -0.114. The van der Waals surface area contributed by atoms with Gasteiger partial charge in [0.15, 0.2) is 0 Å². The summed E-state index contributed by atoms with van der Waals surface area (Å²) in [6.45, 7) is 3.21. The smallest absolute Gasteiger partial charge is 0.280 e. The van der Waals surface area contributed by atoms with E-state index >= 15 is 0 Å². The van der Waals surface area contributed by atoms with Gasteiger partial charge in [0.1, 0.15) is 17.3 Å². The number of allylic oxidation sites excluding steroid dienone is 2. The largest absolute Gasteiger partial charge is 0.494 e. The number of pyridine rings is 1. The Kier molecular flexibility index (Phi) is 6.27. The molecular weight excluding hydrogens is 463 g/mol. The van der Waals surface area contributed by atoms with E-state index in [0.717, 1.165) is 9.58 Å². The van der Waals surface area contributed by atoms with Gasteiger partial charge in [-0.2, -0.15) is 15.4 Å². The number of carbonyl (C=O) groups excluding carboxylic acids is 1. The normalized spacial score (nSPS) is 15.1. The highest BCUT2D eigenvalue weighted by Crippen LogP contribution is 2.39. The van der Waals surface area contributed by atoms with Crippen LogP contribution in [0.5, 0.6) is 5.88 Å². The van der Waals surface area contributed by atoms with E-state index in [1.807, 2.05) is 6.07 Å². The van der Waals surface area contributed by atoms with Gasteiger partial charge in [0.05, 0.1) is 21.3 Å². The van der Waals surface area contributed by atoms with Crippen LogP contribution in [0.1, 0.15) is 23.6 Å². The summed E-state index contributed by atoms with van der Waals surface area (Å²) in [6.07, 6.45) is 4.53. The van der Waals surface area contributed by atoms with Crippen LogP contribution in [0.15, 0.2) is 39.8 Å². The summed E-state index contributed by atoms with van der Waals surface area (Å²) in [7, 11) is 1.36. The number of halogens is 3. The van der Waals surface area contributed by atoms with Gasteiger partial charge in [-0.25, -0.2) is 0 Å². The zero-order chi connectivity index (χ0) is 23.0. The molecule has 1 aliphatic heterocycles. The lowest BCUT2D eigenvalue weighted by atomic mass is 10.0. The SMILES string of the molecule is CC1=NN(c2c(Cl)cc(Cl)cc2Cl)C(=O)C1=CC=Cc1c(C)c(C#N)c(=O)n(C)c1O. The van der Waals surface area contributed by atoms with Crippen LogP contribution >= 0.6 is 34.8 Å². The van der Waals surface area contributed by atoms with Crippen LogP contribution in [0, 0.1) is 18.3 Å². The lowest BCUT2D eigenvalue weighted by Crippen LogP contribution is -2.22. The van der Waals surface area contributed by atoms with Gasteiger partial charge in [0, 0.05) is 17.6 Å². The van der Waals surface area contributed by atoms with Gasteiger partial charge >= 0.3 is 0 Å². The van der Waals surface area contributed by atoms with Crippen LogP contribution in [0.2, 0.25) is 15.1 Å². The molecule has 0 aliphatic carbocycles. The van der Waals surface area contributed by atoms with E-state index in [2.05, 4.69) is 5.10 Å². The summed E-state index contributed by atoms with van der Waals surface area (Å²) < 4.78 is 0.984. The number of anilines is 1.